The summed E-state index contributed by atoms with van der Waals surface area (Å²) in [6.45, 7) is 7.33. The fourth-order valence-corrected chi connectivity index (χ4v) is 6.94. The van der Waals surface area contributed by atoms with Crippen molar-refractivity contribution in [3.8, 4) is 0 Å². The molecule has 0 spiro atoms. The van der Waals surface area contributed by atoms with Gasteiger partial charge in [0.05, 0.1) is 31.0 Å². The Kier molecular flexibility index (Phi) is 4.86. The van der Waals surface area contributed by atoms with Gasteiger partial charge in [-0.05, 0) is 30.2 Å². The Labute approximate surface area is 176 Å². The van der Waals surface area contributed by atoms with Crippen LogP contribution in [0.3, 0.4) is 0 Å². The lowest BCUT2D eigenvalue weighted by Crippen LogP contribution is -2.74. The van der Waals surface area contributed by atoms with Gasteiger partial charge in [0.2, 0.25) is 0 Å². The van der Waals surface area contributed by atoms with Crippen LogP contribution in [-0.4, -0.2) is 47.1 Å². The number of aliphatic hydroxyl groups excluding tert-OH is 1. The second kappa shape index (κ2) is 6.82. The van der Waals surface area contributed by atoms with Crippen LogP contribution >= 0.6 is 0 Å². The molecule has 2 N–H and O–H groups in total. The van der Waals surface area contributed by atoms with Gasteiger partial charge >= 0.3 is 11.9 Å². The van der Waals surface area contributed by atoms with E-state index in [0.717, 1.165) is 5.56 Å². The molecular formula is C23H32O7. The summed E-state index contributed by atoms with van der Waals surface area (Å²) < 4.78 is 16.6. The summed E-state index contributed by atoms with van der Waals surface area (Å²) in [4.78, 5) is 24.8. The SMILES string of the molecule is COC(=O)C1c2ccoc2C[C@H]2[C@H]1C(O)C[C@@]1(O)C(C)(C)CCC(OC(C)=O)[C@]21C. The number of fused-ring (bicyclic) bond motifs is 4. The topological polar surface area (TPSA) is 106 Å². The Hall–Kier alpha value is -1.86. The fraction of sp³-hybridized carbons (Fsp3) is 0.739. The number of carbonyl (C=O) groups is 2. The zero-order chi connectivity index (χ0) is 22.1. The van der Waals surface area contributed by atoms with Gasteiger partial charge in [-0.25, -0.2) is 0 Å². The molecular weight excluding hydrogens is 388 g/mol. The molecule has 0 amide bonds. The first-order valence-electron chi connectivity index (χ1n) is 10.7. The first-order valence-corrected chi connectivity index (χ1v) is 10.7. The van der Waals surface area contributed by atoms with Gasteiger partial charge in [0.15, 0.2) is 0 Å². The fourth-order valence-electron chi connectivity index (χ4n) is 6.94. The Morgan fingerprint density at radius 3 is 2.60 bits per heavy atom. The molecule has 0 aliphatic heterocycles. The average molecular weight is 421 g/mol. The summed E-state index contributed by atoms with van der Waals surface area (Å²) in [7, 11) is 1.34. The third kappa shape index (κ3) is 2.64. The van der Waals surface area contributed by atoms with Crippen molar-refractivity contribution in [1.29, 1.82) is 0 Å². The highest BCUT2D eigenvalue weighted by Gasteiger charge is 2.72. The highest BCUT2D eigenvalue weighted by atomic mass is 16.5. The van der Waals surface area contributed by atoms with Gasteiger partial charge < -0.3 is 24.1 Å². The van der Waals surface area contributed by atoms with Crippen LogP contribution in [0, 0.1) is 22.7 Å². The zero-order valence-electron chi connectivity index (χ0n) is 18.3. The molecule has 166 valence electrons. The van der Waals surface area contributed by atoms with Crippen LogP contribution in [0.5, 0.6) is 0 Å². The molecule has 3 unspecified atom stereocenters. The average Bonchev–Trinajstić information content (AvgIpc) is 3.14. The molecule has 3 aliphatic rings. The summed E-state index contributed by atoms with van der Waals surface area (Å²) >= 11 is 0. The number of methoxy groups -OCH3 is 1. The van der Waals surface area contributed by atoms with Gasteiger partial charge in [-0.2, -0.15) is 0 Å². The molecule has 7 nitrogen and oxygen atoms in total. The largest absolute Gasteiger partial charge is 0.469 e. The van der Waals surface area contributed by atoms with Gasteiger partial charge in [-0.1, -0.05) is 20.8 Å². The molecule has 0 aromatic carbocycles. The van der Waals surface area contributed by atoms with Crippen molar-refractivity contribution in [2.75, 3.05) is 7.11 Å². The quantitative estimate of drug-likeness (QED) is 0.708. The summed E-state index contributed by atoms with van der Waals surface area (Å²) in [5, 5.41) is 23.4. The van der Waals surface area contributed by atoms with E-state index in [1.54, 1.807) is 12.3 Å². The lowest BCUT2D eigenvalue weighted by atomic mass is 9.40. The molecule has 1 heterocycles. The monoisotopic (exact) mass is 420 g/mol. The Morgan fingerprint density at radius 1 is 1.27 bits per heavy atom. The summed E-state index contributed by atoms with van der Waals surface area (Å²) in [6, 6.07) is 1.76. The molecule has 7 heteroatoms. The molecule has 1 aromatic rings. The van der Waals surface area contributed by atoms with Crippen molar-refractivity contribution in [2.24, 2.45) is 22.7 Å². The zero-order valence-corrected chi connectivity index (χ0v) is 18.3. The highest BCUT2D eigenvalue weighted by molar-refractivity contribution is 5.79. The standard InChI is InChI=1S/C23H32O7/c1-12(24)30-17-6-8-21(2,3)23(27)11-15(25)19-14(22(17,23)4)10-16-13(7-9-29-16)18(19)20(26)28-5/h7,9,14-15,17-19,25,27H,6,8,10-11H2,1-5H3/t14-,15?,17?,18?,19-,22-,23+/m0/s1. The third-order valence-electron chi connectivity index (χ3n) is 8.56. The number of ether oxygens (including phenoxy) is 2. The molecule has 2 saturated carbocycles. The van der Waals surface area contributed by atoms with E-state index in [9.17, 15) is 19.8 Å². The maximum atomic E-state index is 12.8. The molecule has 0 radical (unpaired) electrons. The van der Waals surface area contributed by atoms with E-state index in [1.165, 1.54) is 14.0 Å². The van der Waals surface area contributed by atoms with Gasteiger partial charge in [0, 0.05) is 36.7 Å². The number of rotatable bonds is 2. The van der Waals surface area contributed by atoms with Gasteiger partial charge in [-0.3, -0.25) is 9.59 Å². The summed E-state index contributed by atoms with van der Waals surface area (Å²) in [5.41, 5.74) is -1.94. The maximum Gasteiger partial charge on any atom is 0.313 e. The van der Waals surface area contributed by atoms with E-state index in [2.05, 4.69) is 0 Å². The minimum atomic E-state index is -1.29. The van der Waals surface area contributed by atoms with Gasteiger partial charge in [-0.15, -0.1) is 0 Å². The van der Waals surface area contributed by atoms with Crippen LogP contribution in [0.2, 0.25) is 0 Å². The van der Waals surface area contributed by atoms with Crippen molar-refractivity contribution in [1.82, 2.24) is 0 Å². The molecule has 2 fully saturated rings. The van der Waals surface area contributed by atoms with Crippen molar-refractivity contribution in [3.63, 3.8) is 0 Å². The van der Waals surface area contributed by atoms with E-state index in [0.29, 0.717) is 25.0 Å². The number of carbonyl (C=O) groups excluding carboxylic acids is 2. The van der Waals surface area contributed by atoms with Crippen LogP contribution in [0.1, 0.15) is 64.2 Å². The van der Waals surface area contributed by atoms with E-state index >= 15 is 0 Å². The second-order valence-corrected chi connectivity index (χ2v) is 10.1. The van der Waals surface area contributed by atoms with Crippen molar-refractivity contribution in [3.05, 3.63) is 23.7 Å². The Bertz CT molecular complexity index is 857. The van der Waals surface area contributed by atoms with Gasteiger partial charge in [0.1, 0.15) is 11.9 Å². The number of hydrogen-bond donors (Lipinski definition) is 2. The predicted octanol–water partition coefficient (Wildman–Crippen LogP) is 2.58. The van der Waals surface area contributed by atoms with Crippen LogP contribution in [0.4, 0.5) is 0 Å². The van der Waals surface area contributed by atoms with E-state index in [4.69, 9.17) is 13.9 Å². The molecule has 1 aromatic heterocycles. The predicted molar refractivity (Wildman–Crippen MR) is 106 cm³/mol. The van der Waals surface area contributed by atoms with Crippen LogP contribution in [-0.2, 0) is 25.5 Å². The van der Waals surface area contributed by atoms with Crippen LogP contribution in [0.15, 0.2) is 16.7 Å². The minimum Gasteiger partial charge on any atom is -0.469 e. The molecule has 7 atom stereocenters. The van der Waals surface area contributed by atoms with Crippen molar-refractivity contribution < 1.29 is 33.7 Å². The number of furan rings is 1. The number of aliphatic hydroxyl groups is 2. The summed E-state index contributed by atoms with van der Waals surface area (Å²) in [5.74, 6) is -1.67. The normalized spacial score (nSPS) is 41.8. The minimum absolute atomic E-state index is 0.107. The van der Waals surface area contributed by atoms with E-state index in [1.807, 2.05) is 20.8 Å². The smallest absolute Gasteiger partial charge is 0.313 e. The third-order valence-corrected chi connectivity index (χ3v) is 8.56. The first-order chi connectivity index (χ1) is 14.0. The molecule has 30 heavy (non-hydrogen) atoms. The Balaban J connectivity index is 1.91. The van der Waals surface area contributed by atoms with Crippen molar-refractivity contribution in [2.45, 2.75) is 77.1 Å². The van der Waals surface area contributed by atoms with Crippen LogP contribution < -0.4 is 0 Å². The molecule has 0 saturated heterocycles. The molecule has 0 bridgehead atoms. The maximum absolute atomic E-state index is 12.8. The lowest BCUT2D eigenvalue weighted by molar-refractivity contribution is -0.296. The Morgan fingerprint density at radius 2 is 1.97 bits per heavy atom. The second-order valence-electron chi connectivity index (χ2n) is 10.1. The van der Waals surface area contributed by atoms with Crippen molar-refractivity contribution >= 4 is 11.9 Å². The van der Waals surface area contributed by atoms with Gasteiger partial charge in [0.25, 0.3) is 0 Å². The molecule has 4 rings (SSSR count). The first kappa shape index (κ1) is 21.4. The lowest BCUT2D eigenvalue weighted by Gasteiger charge is -2.68. The summed E-state index contributed by atoms with van der Waals surface area (Å²) in [6.07, 6.45) is 1.94. The van der Waals surface area contributed by atoms with E-state index in [-0.39, 0.29) is 12.3 Å². The number of esters is 2. The highest BCUT2D eigenvalue weighted by Crippen LogP contribution is 2.67. The van der Waals surface area contributed by atoms with Crippen LogP contribution in [0.25, 0.3) is 0 Å². The van der Waals surface area contributed by atoms with E-state index < -0.39 is 52.4 Å². The molecule has 3 aliphatic carbocycles. The number of hydrogen-bond acceptors (Lipinski definition) is 7.